The number of rotatable bonds is 5. The summed E-state index contributed by atoms with van der Waals surface area (Å²) in [7, 11) is 0. The second-order valence-electron chi connectivity index (χ2n) is 4.70. The SMILES string of the molecule is CCNC(Cc1cccc(Cl)c1)c1c(F)ccc(Br)c1F. The van der Waals surface area contributed by atoms with Crippen LogP contribution < -0.4 is 5.32 Å². The van der Waals surface area contributed by atoms with Crippen molar-refractivity contribution < 1.29 is 8.78 Å². The number of hydrogen-bond acceptors (Lipinski definition) is 1. The summed E-state index contributed by atoms with van der Waals surface area (Å²) in [5, 5.41) is 3.74. The molecule has 0 aromatic heterocycles. The van der Waals surface area contributed by atoms with Crippen molar-refractivity contribution in [2.24, 2.45) is 0 Å². The highest BCUT2D eigenvalue weighted by Gasteiger charge is 2.21. The molecule has 1 atom stereocenters. The summed E-state index contributed by atoms with van der Waals surface area (Å²) in [5.74, 6) is -1.12. The summed E-state index contributed by atoms with van der Waals surface area (Å²) in [6.45, 7) is 2.51. The van der Waals surface area contributed by atoms with E-state index in [9.17, 15) is 8.78 Å². The Morgan fingerprint density at radius 2 is 2.00 bits per heavy atom. The molecule has 0 fully saturated rings. The highest BCUT2D eigenvalue weighted by atomic mass is 79.9. The molecule has 0 saturated heterocycles. The first-order valence-corrected chi connectivity index (χ1v) is 7.81. The molecule has 0 spiro atoms. The van der Waals surface area contributed by atoms with E-state index in [0.29, 0.717) is 18.0 Å². The lowest BCUT2D eigenvalue weighted by atomic mass is 9.98. The average Bonchev–Trinajstić information content (AvgIpc) is 2.44. The third-order valence-corrected chi connectivity index (χ3v) is 4.05. The zero-order valence-electron chi connectivity index (χ0n) is 11.5. The number of nitrogens with one attached hydrogen (secondary N) is 1. The summed E-state index contributed by atoms with van der Waals surface area (Å²) in [6.07, 6.45) is 0.457. The van der Waals surface area contributed by atoms with Crippen molar-refractivity contribution in [1.29, 1.82) is 0 Å². The molecule has 0 saturated carbocycles. The van der Waals surface area contributed by atoms with Gasteiger partial charge in [-0.3, -0.25) is 0 Å². The minimum absolute atomic E-state index is 0.0474. The molecule has 1 unspecified atom stereocenters. The number of benzene rings is 2. The average molecular weight is 375 g/mol. The van der Waals surface area contributed by atoms with Crippen LogP contribution in [0.15, 0.2) is 40.9 Å². The van der Waals surface area contributed by atoms with Gasteiger partial charge in [0, 0.05) is 16.6 Å². The van der Waals surface area contributed by atoms with E-state index in [1.165, 1.54) is 12.1 Å². The molecule has 2 aromatic rings. The van der Waals surface area contributed by atoms with Gasteiger partial charge >= 0.3 is 0 Å². The van der Waals surface area contributed by atoms with Crippen molar-refractivity contribution in [2.45, 2.75) is 19.4 Å². The van der Waals surface area contributed by atoms with Gasteiger partial charge in [0.05, 0.1) is 4.47 Å². The van der Waals surface area contributed by atoms with E-state index in [4.69, 9.17) is 11.6 Å². The van der Waals surface area contributed by atoms with Crippen LogP contribution in [0.2, 0.25) is 5.02 Å². The van der Waals surface area contributed by atoms with Gasteiger partial charge in [-0.15, -0.1) is 0 Å². The van der Waals surface area contributed by atoms with Gasteiger partial charge in [0.2, 0.25) is 0 Å². The van der Waals surface area contributed by atoms with Crippen LogP contribution in [0.5, 0.6) is 0 Å². The van der Waals surface area contributed by atoms with Crippen LogP contribution in [-0.2, 0) is 6.42 Å². The number of hydrogen-bond donors (Lipinski definition) is 1. The number of halogens is 4. The zero-order valence-corrected chi connectivity index (χ0v) is 13.8. The second kappa shape index (κ2) is 7.34. The molecule has 112 valence electrons. The van der Waals surface area contributed by atoms with Crippen molar-refractivity contribution in [3.63, 3.8) is 0 Å². The van der Waals surface area contributed by atoms with Crippen molar-refractivity contribution >= 4 is 27.5 Å². The monoisotopic (exact) mass is 373 g/mol. The lowest BCUT2D eigenvalue weighted by molar-refractivity contribution is 0.471. The maximum atomic E-state index is 14.3. The fourth-order valence-corrected chi connectivity index (χ4v) is 2.84. The first-order valence-electron chi connectivity index (χ1n) is 6.64. The van der Waals surface area contributed by atoms with E-state index >= 15 is 0 Å². The Hall–Kier alpha value is -0.970. The van der Waals surface area contributed by atoms with Gasteiger partial charge in [-0.25, -0.2) is 8.78 Å². The Bertz CT molecular complexity index is 634. The van der Waals surface area contributed by atoms with Gasteiger partial charge in [0.15, 0.2) is 0 Å². The van der Waals surface area contributed by atoms with Crippen molar-refractivity contribution in [3.8, 4) is 0 Å². The Morgan fingerprint density at radius 1 is 1.24 bits per heavy atom. The van der Waals surface area contributed by atoms with E-state index < -0.39 is 17.7 Å². The van der Waals surface area contributed by atoms with E-state index in [1.54, 1.807) is 12.1 Å². The molecule has 0 bridgehead atoms. The Labute approximate surface area is 136 Å². The summed E-state index contributed by atoms with van der Waals surface area (Å²) < 4.78 is 28.6. The molecule has 21 heavy (non-hydrogen) atoms. The van der Waals surface area contributed by atoms with E-state index in [0.717, 1.165) is 5.56 Å². The summed E-state index contributed by atoms with van der Waals surface area (Å²) in [6, 6.07) is 9.48. The first kappa shape index (κ1) is 16.4. The first-order chi connectivity index (χ1) is 10.0. The van der Waals surface area contributed by atoms with Gasteiger partial charge in [-0.1, -0.05) is 30.7 Å². The lowest BCUT2D eigenvalue weighted by Crippen LogP contribution is -2.25. The van der Waals surface area contributed by atoms with E-state index in [-0.39, 0.29) is 10.0 Å². The minimum Gasteiger partial charge on any atom is -0.310 e. The quantitative estimate of drug-likeness (QED) is 0.703. The molecule has 0 radical (unpaired) electrons. The normalized spacial score (nSPS) is 12.4. The fourth-order valence-electron chi connectivity index (χ4n) is 2.28. The molecule has 2 rings (SSSR count). The van der Waals surface area contributed by atoms with Gasteiger partial charge in [0.1, 0.15) is 11.6 Å². The molecule has 0 amide bonds. The highest BCUT2D eigenvalue weighted by molar-refractivity contribution is 9.10. The molecular weight excluding hydrogens is 360 g/mol. The molecule has 5 heteroatoms. The Morgan fingerprint density at radius 3 is 2.67 bits per heavy atom. The fraction of sp³-hybridized carbons (Fsp3) is 0.250. The van der Waals surface area contributed by atoms with E-state index in [1.807, 2.05) is 19.1 Å². The molecule has 1 N–H and O–H groups in total. The molecule has 0 aliphatic carbocycles. The minimum atomic E-state index is -0.567. The summed E-state index contributed by atoms with van der Waals surface area (Å²) in [4.78, 5) is 0. The standard InChI is InChI=1S/C16H15BrClF2N/c1-2-21-14(9-10-4-3-5-11(18)8-10)15-13(19)7-6-12(17)16(15)20/h3-8,14,21H,2,9H2,1H3. The van der Waals surface area contributed by atoms with Crippen LogP contribution in [0.3, 0.4) is 0 Å². The maximum Gasteiger partial charge on any atom is 0.145 e. The molecule has 0 aliphatic rings. The van der Waals surface area contributed by atoms with Crippen LogP contribution in [0.1, 0.15) is 24.1 Å². The zero-order chi connectivity index (χ0) is 15.4. The summed E-state index contributed by atoms with van der Waals surface area (Å²) in [5.41, 5.74) is 0.971. The molecule has 0 heterocycles. The van der Waals surface area contributed by atoms with Crippen molar-refractivity contribution in [2.75, 3.05) is 6.54 Å². The molecule has 0 aliphatic heterocycles. The van der Waals surface area contributed by atoms with Gasteiger partial charge in [-0.2, -0.15) is 0 Å². The van der Waals surface area contributed by atoms with Gasteiger partial charge < -0.3 is 5.32 Å². The highest BCUT2D eigenvalue weighted by Crippen LogP contribution is 2.29. The number of likely N-dealkylation sites (N-methyl/N-ethyl adjacent to an activating group) is 1. The maximum absolute atomic E-state index is 14.3. The molecule has 1 nitrogen and oxygen atoms in total. The summed E-state index contributed by atoms with van der Waals surface area (Å²) >= 11 is 9.07. The van der Waals surface area contributed by atoms with E-state index in [2.05, 4.69) is 21.2 Å². The Balaban J connectivity index is 2.38. The predicted octanol–water partition coefficient (Wildman–Crippen LogP) is 5.27. The van der Waals surface area contributed by atoms with Gasteiger partial charge in [0.25, 0.3) is 0 Å². The van der Waals surface area contributed by atoms with Crippen molar-refractivity contribution in [1.82, 2.24) is 5.32 Å². The topological polar surface area (TPSA) is 12.0 Å². The van der Waals surface area contributed by atoms with Crippen LogP contribution >= 0.6 is 27.5 Å². The van der Waals surface area contributed by atoms with Crippen LogP contribution in [0, 0.1) is 11.6 Å². The van der Waals surface area contributed by atoms with Crippen LogP contribution in [-0.4, -0.2) is 6.54 Å². The lowest BCUT2D eigenvalue weighted by Gasteiger charge is -2.20. The third-order valence-electron chi connectivity index (χ3n) is 3.21. The van der Waals surface area contributed by atoms with Crippen molar-refractivity contribution in [3.05, 3.63) is 68.7 Å². The third kappa shape index (κ3) is 4.02. The Kier molecular flexibility index (Phi) is 5.73. The second-order valence-corrected chi connectivity index (χ2v) is 5.99. The van der Waals surface area contributed by atoms with Crippen LogP contribution in [0.25, 0.3) is 0 Å². The molecule has 2 aromatic carbocycles. The van der Waals surface area contributed by atoms with Gasteiger partial charge in [-0.05, 0) is 58.7 Å². The largest absolute Gasteiger partial charge is 0.310 e. The van der Waals surface area contributed by atoms with Crippen LogP contribution in [0.4, 0.5) is 8.78 Å². The molecular formula is C16H15BrClF2N. The predicted molar refractivity (Wildman–Crippen MR) is 85.6 cm³/mol. The smallest absolute Gasteiger partial charge is 0.145 e.